The molecule has 2 aromatic heterocycles. The molecule has 2 N–H and O–H groups in total. The summed E-state index contributed by atoms with van der Waals surface area (Å²) in [6.07, 6.45) is 7.09. The van der Waals surface area contributed by atoms with Crippen LogP contribution in [-0.2, 0) is 6.54 Å². The molecule has 1 aliphatic carbocycles. The number of benzene rings is 2. The van der Waals surface area contributed by atoms with E-state index in [1.54, 1.807) is 16.9 Å². The van der Waals surface area contributed by atoms with Gasteiger partial charge >= 0.3 is 0 Å². The number of rotatable bonds is 8. The van der Waals surface area contributed by atoms with Gasteiger partial charge in [0.05, 0.1) is 29.1 Å². The third kappa shape index (κ3) is 5.54. The Balaban J connectivity index is 1.46. The van der Waals surface area contributed by atoms with Crippen LogP contribution in [0.25, 0.3) is 22.2 Å². The van der Waals surface area contributed by atoms with Crippen LogP contribution in [0.15, 0.2) is 60.8 Å². The Morgan fingerprint density at radius 1 is 1.00 bits per heavy atom. The van der Waals surface area contributed by atoms with Crippen molar-refractivity contribution in [2.24, 2.45) is 0 Å². The van der Waals surface area contributed by atoms with Gasteiger partial charge in [0.15, 0.2) is 5.69 Å². The lowest BCUT2D eigenvalue weighted by atomic mass is 9.95. The maximum Gasteiger partial charge on any atom is 0.274 e. The number of anilines is 1. The van der Waals surface area contributed by atoms with Gasteiger partial charge in [-0.3, -0.25) is 14.3 Å². The summed E-state index contributed by atoms with van der Waals surface area (Å²) in [4.78, 5) is 31.6. The van der Waals surface area contributed by atoms with Gasteiger partial charge in [0, 0.05) is 29.7 Å². The summed E-state index contributed by atoms with van der Waals surface area (Å²) < 4.78 is 7.23. The fraction of sp³-hybridized carbons (Fsp3) is 0.333. The van der Waals surface area contributed by atoms with Gasteiger partial charge in [-0.1, -0.05) is 37.5 Å². The zero-order valence-electron chi connectivity index (χ0n) is 21.9. The first-order valence-corrected chi connectivity index (χ1v) is 13.4. The molecule has 1 saturated carbocycles. The molecule has 0 atom stereocenters. The Kier molecular flexibility index (Phi) is 7.67. The first-order chi connectivity index (χ1) is 18.6. The van der Waals surface area contributed by atoms with Crippen LogP contribution in [0.5, 0.6) is 5.75 Å². The zero-order chi connectivity index (χ0) is 26.5. The number of pyridine rings is 1. The summed E-state index contributed by atoms with van der Waals surface area (Å²) in [5.74, 6) is 0.203. The van der Waals surface area contributed by atoms with Crippen molar-refractivity contribution >= 4 is 28.4 Å². The molecule has 0 radical (unpaired) electrons. The molecule has 5 rings (SSSR count). The average molecular weight is 512 g/mol. The number of aryl methyl sites for hydroxylation is 1. The van der Waals surface area contributed by atoms with Gasteiger partial charge in [-0.2, -0.15) is 5.10 Å². The molecular weight excluding hydrogens is 478 g/mol. The molecule has 1 aliphatic rings. The Bertz CT molecular complexity index is 1440. The fourth-order valence-electron chi connectivity index (χ4n) is 4.93. The normalized spacial score (nSPS) is 13.8. The van der Waals surface area contributed by atoms with E-state index in [-0.39, 0.29) is 23.6 Å². The molecule has 0 unspecified atom stereocenters. The number of hydrogen-bond donors (Lipinski definition) is 2. The van der Waals surface area contributed by atoms with Gasteiger partial charge in [-0.25, -0.2) is 4.98 Å². The standard InChI is InChI=1S/C30H33N5O3/c1-3-35-19-27(28(34-35)30(37)31-21-10-6-5-7-11-21)33-29(36)24-18-26(32-25-13-9-8-12-23(24)25)20-14-16-22(17-15-20)38-4-2/h8-9,12-19,21H,3-7,10-11H2,1-2H3,(H,31,37)(H,33,36). The van der Waals surface area contributed by atoms with E-state index in [1.807, 2.05) is 62.4 Å². The Morgan fingerprint density at radius 3 is 2.50 bits per heavy atom. The quantitative estimate of drug-likeness (QED) is 0.310. The second-order valence-corrected chi connectivity index (χ2v) is 9.54. The van der Waals surface area contributed by atoms with Gasteiger partial charge in [0.1, 0.15) is 5.75 Å². The third-order valence-electron chi connectivity index (χ3n) is 6.91. The molecule has 1 fully saturated rings. The van der Waals surface area contributed by atoms with Crippen molar-refractivity contribution in [2.75, 3.05) is 11.9 Å². The van der Waals surface area contributed by atoms with Gasteiger partial charge in [0.25, 0.3) is 11.8 Å². The third-order valence-corrected chi connectivity index (χ3v) is 6.91. The smallest absolute Gasteiger partial charge is 0.274 e. The van der Waals surface area contributed by atoms with Crippen molar-refractivity contribution in [3.05, 3.63) is 72.1 Å². The van der Waals surface area contributed by atoms with Crippen molar-refractivity contribution in [3.63, 3.8) is 0 Å². The SMILES string of the molecule is CCOc1ccc(-c2cc(C(=O)Nc3cn(CC)nc3C(=O)NC3CCCCC3)c3ccccc3n2)cc1. The zero-order valence-corrected chi connectivity index (χ0v) is 21.9. The first kappa shape index (κ1) is 25.4. The number of carbonyl (C=O) groups is 2. The van der Waals surface area contributed by atoms with Crippen LogP contribution in [0.3, 0.4) is 0 Å². The highest BCUT2D eigenvalue weighted by molar-refractivity contribution is 6.14. The van der Waals surface area contributed by atoms with E-state index in [0.717, 1.165) is 42.4 Å². The molecule has 0 spiro atoms. The number of fused-ring (bicyclic) bond motifs is 1. The lowest BCUT2D eigenvalue weighted by Gasteiger charge is -2.22. The number of carbonyl (C=O) groups excluding carboxylic acids is 2. The molecule has 38 heavy (non-hydrogen) atoms. The minimum Gasteiger partial charge on any atom is -0.494 e. The number of hydrogen-bond acceptors (Lipinski definition) is 5. The van der Waals surface area contributed by atoms with Crippen molar-refractivity contribution in [1.29, 1.82) is 0 Å². The molecule has 2 aromatic carbocycles. The summed E-state index contributed by atoms with van der Waals surface area (Å²) in [6, 6.07) is 17.1. The highest BCUT2D eigenvalue weighted by Crippen LogP contribution is 2.28. The van der Waals surface area contributed by atoms with Crippen LogP contribution < -0.4 is 15.4 Å². The molecule has 2 amide bonds. The van der Waals surface area contributed by atoms with Crippen molar-refractivity contribution in [3.8, 4) is 17.0 Å². The van der Waals surface area contributed by atoms with E-state index < -0.39 is 0 Å². The molecular formula is C30H33N5O3. The summed E-state index contributed by atoms with van der Waals surface area (Å²) in [5.41, 5.74) is 3.37. The Labute approximate surface area is 222 Å². The van der Waals surface area contributed by atoms with Crippen LogP contribution in [-0.4, -0.2) is 39.2 Å². The predicted molar refractivity (Wildman–Crippen MR) is 149 cm³/mol. The number of ether oxygens (including phenoxy) is 1. The van der Waals surface area contributed by atoms with Gasteiger partial charge in [-0.05, 0) is 63.1 Å². The molecule has 0 bridgehead atoms. The van der Waals surface area contributed by atoms with Gasteiger partial charge in [0.2, 0.25) is 0 Å². The van der Waals surface area contributed by atoms with E-state index in [0.29, 0.717) is 35.6 Å². The van der Waals surface area contributed by atoms with Crippen molar-refractivity contribution in [1.82, 2.24) is 20.1 Å². The molecule has 8 heteroatoms. The van der Waals surface area contributed by atoms with Crippen LogP contribution in [0.2, 0.25) is 0 Å². The lowest BCUT2D eigenvalue weighted by molar-refractivity contribution is 0.0922. The maximum absolute atomic E-state index is 13.7. The molecule has 8 nitrogen and oxygen atoms in total. The topological polar surface area (TPSA) is 98.1 Å². The van der Waals surface area contributed by atoms with Crippen LogP contribution in [0, 0.1) is 0 Å². The number of nitrogens with zero attached hydrogens (tertiary/aromatic N) is 3. The monoisotopic (exact) mass is 511 g/mol. The predicted octanol–water partition coefficient (Wildman–Crippen LogP) is 5.83. The summed E-state index contributed by atoms with van der Waals surface area (Å²) in [6.45, 7) is 5.06. The van der Waals surface area contributed by atoms with E-state index in [4.69, 9.17) is 9.72 Å². The molecule has 0 aliphatic heterocycles. The number of para-hydroxylation sites is 1. The molecule has 196 valence electrons. The van der Waals surface area contributed by atoms with E-state index in [2.05, 4.69) is 15.7 Å². The first-order valence-electron chi connectivity index (χ1n) is 13.4. The van der Waals surface area contributed by atoms with E-state index >= 15 is 0 Å². The summed E-state index contributed by atoms with van der Waals surface area (Å²) in [7, 11) is 0. The minimum absolute atomic E-state index is 0.146. The van der Waals surface area contributed by atoms with E-state index in [1.165, 1.54) is 6.42 Å². The summed E-state index contributed by atoms with van der Waals surface area (Å²) >= 11 is 0. The van der Waals surface area contributed by atoms with E-state index in [9.17, 15) is 9.59 Å². The van der Waals surface area contributed by atoms with Crippen LogP contribution in [0.1, 0.15) is 66.8 Å². The van der Waals surface area contributed by atoms with Crippen LogP contribution >= 0.6 is 0 Å². The molecule has 0 saturated heterocycles. The summed E-state index contributed by atoms with van der Waals surface area (Å²) in [5, 5.41) is 11.3. The van der Waals surface area contributed by atoms with Gasteiger partial charge < -0.3 is 15.4 Å². The van der Waals surface area contributed by atoms with Crippen LogP contribution in [0.4, 0.5) is 5.69 Å². The van der Waals surface area contributed by atoms with Crippen molar-refractivity contribution in [2.45, 2.75) is 58.5 Å². The van der Waals surface area contributed by atoms with Crippen molar-refractivity contribution < 1.29 is 14.3 Å². The number of amides is 2. The minimum atomic E-state index is -0.321. The second kappa shape index (κ2) is 11.5. The fourth-order valence-corrected chi connectivity index (χ4v) is 4.93. The number of nitrogens with one attached hydrogen (secondary N) is 2. The lowest BCUT2D eigenvalue weighted by Crippen LogP contribution is -2.36. The maximum atomic E-state index is 13.7. The molecule has 4 aromatic rings. The largest absolute Gasteiger partial charge is 0.494 e. The highest BCUT2D eigenvalue weighted by Gasteiger charge is 2.23. The highest BCUT2D eigenvalue weighted by atomic mass is 16.5. The molecule has 2 heterocycles. The Morgan fingerprint density at radius 2 is 1.76 bits per heavy atom. The van der Waals surface area contributed by atoms with Gasteiger partial charge in [-0.15, -0.1) is 0 Å². The second-order valence-electron chi connectivity index (χ2n) is 9.54. The number of aromatic nitrogens is 3. The Hall–Kier alpha value is -4.20. The average Bonchev–Trinajstić information content (AvgIpc) is 3.36.